The van der Waals surface area contributed by atoms with Crippen molar-refractivity contribution in [2.45, 2.75) is 77.8 Å². The van der Waals surface area contributed by atoms with Crippen LogP contribution in [0.4, 0.5) is 5.95 Å². The first-order valence-corrected chi connectivity index (χ1v) is 10.6. The molecule has 0 fully saturated rings. The highest BCUT2D eigenvalue weighted by molar-refractivity contribution is 7.99. The summed E-state index contributed by atoms with van der Waals surface area (Å²) in [6, 6.07) is 0. The van der Waals surface area contributed by atoms with Crippen molar-refractivity contribution in [1.82, 2.24) is 19.5 Å². The minimum atomic E-state index is 0.346. The zero-order valence-electron chi connectivity index (χ0n) is 16.2. The number of aromatic nitrogens is 4. The number of thioether (sulfide) groups is 1. The average molecular weight is 364 g/mol. The molecule has 0 aliphatic rings. The molecule has 0 aromatic carbocycles. The molecular weight excluding hydrogens is 330 g/mol. The number of rotatable bonds is 11. The van der Waals surface area contributed by atoms with Gasteiger partial charge in [-0.1, -0.05) is 53.4 Å². The fourth-order valence-corrected chi connectivity index (χ4v) is 4.05. The second kappa shape index (κ2) is 10.00. The number of nitrogens with zero attached hydrogens (tertiary/aromatic N) is 4. The van der Waals surface area contributed by atoms with E-state index in [1.165, 1.54) is 38.5 Å². The number of fused-ring (bicyclic) bond motifs is 1. The summed E-state index contributed by atoms with van der Waals surface area (Å²) in [6.07, 6.45) is 9.42. The maximum absolute atomic E-state index is 5.97. The summed E-state index contributed by atoms with van der Waals surface area (Å²) in [5, 5.41) is 0.922. The number of hydrogen-bond donors (Lipinski definition) is 1. The molecule has 0 aliphatic heterocycles. The standard InChI is InChI=1S/C19H33N5S/c1-5-7-9-14(3)11-24-13-21-16-17(24)22-19(20)23-18(16)25-12-15(4)10-8-6-2/h13-15H,5-12H2,1-4H3,(H2,20,22,23)/t14-,15-/m1/s1. The molecule has 2 aromatic heterocycles. The Balaban J connectivity index is 2.11. The molecule has 0 amide bonds. The molecule has 0 bridgehead atoms. The van der Waals surface area contributed by atoms with Crippen molar-refractivity contribution in [2.24, 2.45) is 11.8 Å². The number of hydrogen-bond acceptors (Lipinski definition) is 5. The predicted octanol–water partition coefficient (Wildman–Crippen LogP) is 5.15. The van der Waals surface area contributed by atoms with Crippen LogP contribution in [-0.4, -0.2) is 25.3 Å². The van der Waals surface area contributed by atoms with Crippen LogP contribution in [0.25, 0.3) is 11.2 Å². The third kappa shape index (κ3) is 5.87. The lowest BCUT2D eigenvalue weighted by molar-refractivity contribution is 0.439. The van der Waals surface area contributed by atoms with Gasteiger partial charge in [0, 0.05) is 12.3 Å². The van der Waals surface area contributed by atoms with Gasteiger partial charge < -0.3 is 10.3 Å². The second-order valence-corrected chi connectivity index (χ2v) is 8.27. The van der Waals surface area contributed by atoms with Crippen molar-refractivity contribution < 1.29 is 0 Å². The minimum Gasteiger partial charge on any atom is -0.368 e. The zero-order valence-corrected chi connectivity index (χ0v) is 17.0. The lowest BCUT2D eigenvalue weighted by Gasteiger charge is -2.12. The molecule has 0 spiro atoms. The Kier molecular flexibility index (Phi) is 8.00. The molecule has 6 heteroatoms. The summed E-state index contributed by atoms with van der Waals surface area (Å²) >= 11 is 1.76. The van der Waals surface area contributed by atoms with Crippen LogP contribution in [0.3, 0.4) is 0 Å². The van der Waals surface area contributed by atoms with Gasteiger partial charge in [0.2, 0.25) is 5.95 Å². The Morgan fingerprint density at radius 1 is 1.08 bits per heavy atom. The van der Waals surface area contributed by atoms with E-state index >= 15 is 0 Å². The molecule has 140 valence electrons. The maximum Gasteiger partial charge on any atom is 0.223 e. The molecule has 2 N–H and O–H groups in total. The van der Waals surface area contributed by atoms with Gasteiger partial charge in [0.05, 0.1) is 6.33 Å². The molecule has 25 heavy (non-hydrogen) atoms. The molecule has 0 aliphatic carbocycles. The fraction of sp³-hybridized carbons (Fsp3) is 0.737. The van der Waals surface area contributed by atoms with E-state index in [0.717, 1.165) is 28.5 Å². The normalized spacial score (nSPS) is 14.1. The zero-order chi connectivity index (χ0) is 18.2. The largest absolute Gasteiger partial charge is 0.368 e. The topological polar surface area (TPSA) is 69.6 Å². The first-order chi connectivity index (χ1) is 12.0. The molecule has 0 unspecified atom stereocenters. The van der Waals surface area contributed by atoms with Gasteiger partial charge in [-0.15, -0.1) is 11.8 Å². The molecule has 0 saturated heterocycles. The van der Waals surface area contributed by atoms with Crippen LogP contribution in [0.5, 0.6) is 0 Å². The maximum atomic E-state index is 5.97. The van der Waals surface area contributed by atoms with Gasteiger partial charge in [0.15, 0.2) is 5.65 Å². The Morgan fingerprint density at radius 2 is 1.76 bits per heavy atom. The molecule has 2 aromatic rings. The van der Waals surface area contributed by atoms with E-state index in [2.05, 4.69) is 47.2 Å². The fourth-order valence-electron chi connectivity index (χ4n) is 3.01. The van der Waals surface area contributed by atoms with Gasteiger partial charge in [-0.3, -0.25) is 0 Å². The van der Waals surface area contributed by atoms with Gasteiger partial charge in [-0.05, 0) is 24.7 Å². The number of anilines is 1. The van der Waals surface area contributed by atoms with E-state index in [-0.39, 0.29) is 0 Å². The third-order valence-corrected chi connectivity index (χ3v) is 5.86. The quantitative estimate of drug-likeness (QED) is 0.441. The van der Waals surface area contributed by atoms with E-state index in [9.17, 15) is 0 Å². The van der Waals surface area contributed by atoms with Crippen LogP contribution in [0.15, 0.2) is 11.4 Å². The Labute approximate surface area is 156 Å². The molecule has 2 rings (SSSR count). The van der Waals surface area contributed by atoms with Crippen molar-refractivity contribution in [3.63, 3.8) is 0 Å². The number of imidazole rings is 1. The SMILES string of the molecule is CCCC[C@@H](C)CSc1nc(N)nc2c1ncn2C[C@H](C)CCCC. The summed E-state index contributed by atoms with van der Waals surface area (Å²) in [5.41, 5.74) is 7.74. The van der Waals surface area contributed by atoms with E-state index in [1.807, 2.05) is 6.33 Å². The lowest BCUT2D eigenvalue weighted by Crippen LogP contribution is -2.08. The Morgan fingerprint density at radius 3 is 2.44 bits per heavy atom. The molecule has 0 saturated carbocycles. The lowest BCUT2D eigenvalue weighted by atomic mass is 10.0. The highest BCUT2D eigenvalue weighted by Gasteiger charge is 2.15. The van der Waals surface area contributed by atoms with Crippen molar-refractivity contribution >= 4 is 28.9 Å². The van der Waals surface area contributed by atoms with E-state index in [1.54, 1.807) is 11.8 Å². The van der Waals surface area contributed by atoms with Crippen molar-refractivity contribution in [3.05, 3.63) is 6.33 Å². The summed E-state index contributed by atoms with van der Waals surface area (Å²) < 4.78 is 2.14. The summed E-state index contributed by atoms with van der Waals surface area (Å²) in [5.74, 6) is 2.68. The van der Waals surface area contributed by atoms with E-state index in [0.29, 0.717) is 17.8 Å². The molecule has 2 atom stereocenters. The Hall–Kier alpha value is -1.30. The molecule has 0 radical (unpaired) electrons. The monoisotopic (exact) mass is 363 g/mol. The number of nitrogens with two attached hydrogens (primary N) is 1. The number of unbranched alkanes of at least 4 members (excludes halogenated alkanes) is 2. The van der Waals surface area contributed by atoms with Crippen LogP contribution in [-0.2, 0) is 6.54 Å². The number of nitrogen functional groups attached to an aromatic ring is 1. The molecular formula is C19H33N5S. The summed E-state index contributed by atoms with van der Waals surface area (Å²) in [4.78, 5) is 13.5. The van der Waals surface area contributed by atoms with Crippen LogP contribution in [0, 0.1) is 11.8 Å². The summed E-state index contributed by atoms with van der Waals surface area (Å²) in [6.45, 7) is 10.0. The highest BCUT2D eigenvalue weighted by Crippen LogP contribution is 2.28. The summed E-state index contributed by atoms with van der Waals surface area (Å²) in [7, 11) is 0. The molecule has 2 heterocycles. The Bertz CT molecular complexity index is 655. The van der Waals surface area contributed by atoms with Gasteiger partial charge >= 0.3 is 0 Å². The van der Waals surface area contributed by atoms with E-state index in [4.69, 9.17) is 5.73 Å². The highest BCUT2D eigenvalue weighted by atomic mass is 32.2. The van der Waals surface area contributed by atoms with Gasteiger partial charge in [0.25, 0.3) is 0 Å². The second-order valence-electron chi connectivity index (χ2n) is 7.26. The van der Waals surface area contributed by atoms with Crippen molar-refractivity contribution in [3.8, 4) is 0 Å². The van der Waals surface area contributed by atoms with Gasteiger partial charge in [-0.2, -0.15) is 4.98 Å². The first kappa shape index (κ1) is 20.0. The van der Waals surface area contributed by atoms with Gasteiger partial charge in [0.1, 0.15) is 10.5 Å². The molecule has 5 nitrogen and oxygen atoms in total. The minimum absolute atomic E-state index is 0.346. The first-order valence-electron chi connectivity index (χ1n) is 9.66. The predicted molar refractivity (Wildman–Crippen MR) is 108 cm³/mol. The van der Waals surface area contributed by atoms with Crippen LogP contribution >= 0.6 is 11.8 Å². The van der Waals surface area contributed by atoms with Crippen molar-refractivity contribution in [1.29, 1.82) is 0 Å². The third-order valence-electron chi connectivity index (χ3n) is 4.56. The van der Waals surface area contributed by atoms with Crippen LogP contribution < -0.4 is 5.73 Å². The van der Waals surface area contributed by atoms with E-state index < -0.39 is 0 Å². The van der Waals surface area contributed by atoms with Crippen LogP contribution in [0.2, 0.25) is 0 Å². The smallest absolute Gasteiger partial charge is 0.223 e. The average Bonchev–Trinajstić information content (AvgIpc) is 2.98. The van der Waals surface area contributed by atoms with Crippen molar-refractivity contribution in [2.75, 3.05) is 11.5 Å². The van der Waals surface area contributed by atoms with Gasteiger partial charge in [-0.25, -0.2) is 9.97 Å². The van der Waals surface area contributed by atoms with Crippen LogP contribution in [0.1, 0.15) is 66.2 Å².